The maximum Gasteiger partial charge on any atom is 0.333 e. The Hall–Kier alpha value is -3.13. The summed E-state index contributed by atoms with van der Waals surface area (Å²) >= 11 is 0. The van der Waals surface area contributed by atoms with Gasteiger partial charge in [0, 0.05) is 5.56 Å². The molecular formula is C19H18N2O3. The van der Waals surface area contributed by atoms with Crippen LogP contribution >= 0.6 is 0 Å². The number of methoxy groups -OCH3 is 1. The third-order valence-electron chi connectivity index (χ3n) is 3.60. The number of hydrogen-bond acceptors (Lipinski definition) is 4. The number of carbonyl (C=O) groups is 2. The molecule has 0 spiro atoms. The fraction of sp³-hybridized carbons (Fsp3) is 0.211. The van der Waals surface area contributed by atoms with Crippen LogP contribution in [0.1, 0.15) is 33.1 Å². The maximum atomic E-state index is 12.5. The van der Waals surface area contributed by atoms with Gasteiger partial charge in [0.25, 0.3) is 5.91 Å². The lowest BCUT2D eigenvalue weighted by atomic mass is 10.0. The van der Waals surface area contributed by atoms with Gasteiger partial charge in [-0.05, 0) is 30.2 Å². The predicted octanol–water partition coefficient (Wildman–Crippen LogP) is 2.71. The van der Waals surface area contributed by atoms with Crippen molar-refractivity contribution in [3.63, 3.8) is 0 Å². The standard InChI is InChI=1S/C19H18N2O3/c1-13-6-8-15(9-7-13)17(19(23)24-2)21-18(22)16-5-3-4-14(12-16)10-11-20/h3-9,12,17H,10H2,1-2H3,(H,21,22)/t17-/m1/s1. The summed E-state index contributed by atoms with van der Waals surface area (Å²) < 4.78 is 4.80. The number of nitrogens with one attached hydrogen (secondary N) is 1. The summed E-state index contributed by atoms with van der Waals surface area (Å²) in [5, 5.41) is 11.5. The molecule has 1 atom stereocenters. The molecule has 0 heterocycles. The highest BCUT2D eigenvalue weighted by Crippen LogP contribution is 2.17. The van der Waals surface area contributed by atoms with Gasteiger partial charge in [-0.2, -0.15) is 5.26 Å². The number of esters is 1. The van der Waals surface area contributed by atoms with Gasteiger partial charge in [0.2, 0.25) is 0 Å². The first-order chi connectivity index (χ1) is 11.5. The van der Waals surface area contributed by atoms with E-state index in [0.717, 1.165) is 11.1 Å². The van der Waals surface area contributed by atoms with E-state index in [1.54, 1.807) is 36.4 Å². The van der Waals surface area contributed by atoms with E-state index in [4.69, 9.17) is 10.00 Å². The highest BCUT2D eigenvalue weighted by molar-refractivity contribution is 5.97. The molecule has 0 aliphatic heterocycles. The summed E-state index contributed by atoms with van der Waals surface area (Å²) in [5.41, 5.74) is 2.84. The molecule has 0 radical (unpaired) electrons. The SMILES string of the molecule is COC(=O)[C@H](NC(=O)c1cccc(CC#N)c1)c1ccc(C)cc1. The Balaban J connectivity index is 2.24. The number of carbonyl (C=O) groups excluding carboxylic acids is 2. The van der Waals surface area contributed by atoms with Gasteiger partial charge in [-0.1, -0.05) is 42.0 Å². The first-order valence-corrected chi connectivity index (χ1v) is 7.46. The highest BCUT2D eigenvalue weighted by atomic mass is 16.5. The van der Waals surface area contributed by atoms with E-state index in [1.165, 1.54) is 7.11 Å². The zero-order valence-electron chi connectivity index (χ0n) is 13.6. The van der Waals surface area contributed by atoms with Crippen molar-refractivity contribution in [2.45, 2.75) is 19.4 Å². The molecule has 24 heavy (non-hydrogen) atoms. The highest BCUT2D eigenvalue weighted by Gasteiger charge is 2.24. The summed E-state index contributed by atoms with van der Waals surface area (Å²) in [5.74, 6) is -0.939. The summed E-state index contributed by atoms with van der Waals surface area (Å²) in [6.07, 6.45) is 0.222. The zero-order chi connectivity index (χ0) is 17.5. The molecule has 2 rings (SSSR count). The molecule has 0 aliphatic carbocycles. The Morgan fingerprint density at radius 1 is 1.21 bits per heavy atom. The van der Waals surface area contributed by atoms with Gasteiger partial charge in [-0.3, -0.25) is 4.79 Å². The fourth-order valence-corrected chi connectivity index (χ4v) is 2.28. The van der Waals surface area contributed by atoms with E-state index in [2.05, 4.69) is 5.32 Å². The molecule has 5 nitrogen and oxygen atoms in total. The molecule has 0 unspecified atom stereocenters. The van der Waals surface area contributed by atoms with E-state index in [-0.39, 0.29) is 6.42 Å². The van der Waals surface area contributed by atoms with Crippen LogP contribution in [0.15, 0.2) is 48.5 Å². The molecule has 0 aliphatic rings. The van der Waals surface area contributed by atoms with Gasteiger partial charge in [0.05, 0.1) is 19.6 Å². The number of hydrogen-bond donors (Lipinski definition) is 1. The number of amides is 1. The first-order valence-electron chi connectivity index (χ1n) is 7.46. The number of nitrogens with zero attached hydrogens (tertiary/aromatic N) is 1. The van der Waals surface area contributed by atoms with Crippen molar-refractivity contribution in [3.8, 4) is 6.07 Å². The van der Waals surface area contributed by atoms with E-state index in [1.807, 2.05) is 25.1 Å². The van der Waals surface area contributed by atoms with Crippen molar-refractivity contribution in [2.75, 3.05) is 7.11 Å². The minimum absolute atomic E-state index is 0.222. The maximum absolute atomic E-state index is 12.5. The van der Waals surface area contributed by atoms with Gasteiger partial charge in [-0.15, -0.1) is 0 Å². The van der Waals surface area contributed by atoms with Gasteiger partial charge in [0.15, 0.2) is 6.04 Å². The zero-order valence-corrected chi connectivity index (χ0v) is 13.6. The second kappa shape index (κ2) is 7.93. The van der Waals surface area contributed by atoms with Crippen molar-refractivity contribution >= 4 is 11.9 Å². The van der Waals surface area contributed by atoms with Gasteiger partial charge < -0.3 is 10.1 Å². The minimum Gasteiger partial charge on any atom is -0.467 e. The predicted molar refractivity (Wildman–Crippen MR) is 89.2 cm³/mol. The average Bonchev–Trinajstić information content (AvgIpc) is 2.60. The second-order valence-corrected chi connectivity index (χ2v) is 5.38. The Morgan fingerprint density at radius 2 is 1.92 bits per heavy atom. The molecule has 0 saturated heterocycles. The van der Waals surface area contributed by atoms with Crippen LogP contribution in [0, 0.1) is 18.3 Å². The first kappa shape index (κ1) is 17.2. The second-order valence-electron chi connectivity index (χ2n) is 5.38. The van der Waals surface area contributed by atoms with Crippen molar-refractivity contribution in [1.82, 2.24) is 5.32 Å². The fourth-order valence-electron chi connectivity index (χ4n) is 2.28. The molecule has 122 valence electrons. The lowest BCUT2D eigenvalue weighted by molar-refractivity contribution is -0.143. The topological polar surface area (TPSA) is 79.2 Å². The number of aryl methyl sites for hydroxylation is 1. The van der Waals surface area contributed by atoms with E-state index in [0.29, 0.717) is 11.1 Å². The lowest BCUT2D eigenvalue weighted by Gasteiger charge is -2.17. The van der Waals surface area contributed by atoms with Gasteiger partial charge in [-0.25, -0.2) is 4.79 Å². The molecule has 2 aromatic rings. The van der Waals surface area contributed by atoms with Crippen molar-refractivity contribution in [1.29, 1.82) is 5.26 Å². The molecule has 5 heteroatoms. The minimum atomic E-state index is -0.886. The van der Waals surface area contributed by atoms with Crippen LogP contribution in [0.25, 0.3) is 0 Å². The molecule has 2 aromatic carbocycles. The molecule has 1 amide bonds. The van der Waals surface area contributed by atoms with Crippen LogP contribution in [0.5, 0.6) is 0 Å². The Kier molecular flexibility index (Phi) is 5.69. The van der Waals surface area contributed by atoms with Gasteiger partial charge >= 0.3 is 5.97 Å². The third kappa shape index (κ3) is 4.20. The van der Waals surface area contributed by atoms with Crippen LogP contribution in [0.4, 0.5) is 0 Å². The summed E-state index contributed by atoms with van der Waals surface area (Å²) in [7, 11) is 1.28. The van der Waals surface area contributed by atoms with Crippen molar-refractivity contribution in [2.24, 2.45) is 0 Å². The third-order valence-corrected chi connectivity index (χ3v) is 3.60. The quantitative estimate of drug-likeness (QED) is 0.858. The number of ether oxygens (including phenoxy) is 1. The van der Waals surface area contributed by atoms with E-state index < -0.39 is 17.9 Å². The van der Waals surface area contributed by atoms with Crippen LogP contribution < -0.4 is 5.32 Å². The van der Waals surface area contributed by atoms with Crippen LogP contribution in [-0.4, -0.2) is 19.0 Å². The summed E-state index contributed by atoms with van der Waals surface area (Å²) in [6.45, 7) is 1.94. The van der Waals surface area contributed by atoms with Crippen LogP contribution in [0.2, 0.25) is 0 Å². The largest absolute Gasteiger partial charge is 0.467 e. The summed E-state index contributed by atoms with van der Waals surface area (Å²) in [4.78, 5) is 24.5. The lowest BCUT2D eigenvalue weighted by Crippen LogP contribution is -2.34. The summed E-state index contributed by atoms with van der Waals surface area (Å²) in [6, 6.07) is 15.2. The van der Waals surface area contributed by atoms with E-state index in [9.17, 15) is 9.59 Å². The van der Waals surface area contributed by atoms with Gasteiger partial charge in [0.1, 0.15) is 0 Å². The average molecular weight is 322 g/mol. The van der Waals surface area contributed by atoms with E-state index >= 15 is 0 Å². The van der Waals surface area contributed by atoms with Crippen molar-refractivity contribution in [3.05, 3.63) is 70.8 Å². The van der Waals surface area contributed by atoms with Crippen LogP contribution in [0.3, 0.4) is 0 Å². The Morgan fingerprint density at radius 3 is 2.54 bits per heavy atom. The molecule has 0 fully saturated rings. The normalized spacial score (nSPS) is 11.2. The Labute approximate surface area is 140 Å². The molecule has 0 bridgehead atoms. The number of benzene rings is 2. The number of nitriles is 1. The molecule has 1 N–H and O–H groups in total. The van der Waals surface area contributed by atoms with Crippen LogP contribution in [-0.2, 0) is 16.0 Å². The molecule has 0 saturated carbocycles. The number of rotatable bonds is 5. The van der Waals surface area contributed by atoms with Crippen molar-refractivity contribution < 1.29 is 14.3 Å². The molecular weight excluding hydrogens is 304 g/mol. The monoisotopic (exact) mass is 322 g/mol. The molecule has 0 aromatic heterocycles. The smallest absolute Gasteiger partial charge is 0.333 e. The Bertz CT molecular complexity index is 776.